The number of amides is 1. The number of nitrogens with zero attached hydrogens (tertiary/aromatic N) is 2. The number of pyridine rings is 1. The number of hydrogen-bond acceptors (Lipinski definition) is 3. The van der Waals surface area contributed by atoms with Crippen molar-refractivity contribution < 1.29 is 9.90 Å². The summed E-state index contributed by atoms with van der Waals surface area (Å²) in [6, 6.07) is 11.0. The van der Waals surface area contributed by atoms with Gasteiger partial charge in [0.15, 0.2) is 5.60 Å². The van der Waals surface area contributed by atoms with Gasteiger partial charge in [0.2, 0.25) is 0 Å². The molecule has 2 heterocycles. The Balaban J connectivity index is 2.06. The van der Waals surface area contributed by atoms with Crippen LogP contribution in [0.15, 0.2) is 48.8 Å². The summed E-state index contributed by atoms with van der Waals surface area (Å²) in [4.78, 5) is 17.8. The second-order valence-electron chi connectivity index (χ2n) is 4.77. The molecule has 0 unspecified atom stereocenters. The average Bonchev–Trinajstić information content (AvgIpc) is 2.63. The minimum absolute atomic E-state index is 0.260. The van der Waals surface area contributed by atoms with E-state index in [9.17, 15) is 9.90 Å². The molecule has 1 amide bonds. The van der Waals surface area contributed by atoms with E-state index in [0.717, 1.165) is 11.3 Å². The zero-order valence-corrected chi connectivity index (χ0v) is 10.6. The first kappa shape index (κ1) is 11.9. The van der Waals surface area contributed by atoms with Gasteiger partial charge in [0.25, 0.3) is 5.91 Å². The smallest absolute Gasteiger partial charge is 0.263 e. The minimum atomic E-state index is -1.48. The molecular formula is C15H14N2O2. The molecule has 0 spiro atoms. The fraction of sp³-hybridized carbons (Fsp3) is 0.200. The standard InChI is InChI=1S/C15H14N2O2/c1-17-13-5-3-2-4-12(13)15(19,14(17)18)10-11-6-8-16-9-7-11/h2-9,19H,10H2,1H3/t15-/m0/s1. The quantitative estimate of drug-likeness (QED) is 0.883. The van der Waals surface area contributed by atoms with Crippen molar-refractivity contribution in [2.24, 2.45) is 0 Å². The van der Waals surface area contributed by atoms with Crippen LogP contribution in [0.2, 0.25) is 0 Å². The van der Waals surface area contributed by atoms with Crippen LogP contribution < -0.4 is 4.90 Å². The largest absolute Gasteiger partial charge is 0.375 e. The van der Waals surface area contributed by atoms with Crippen molar-refractivity contribution >= 4 is 11.6 Å². The lowest BCUT2D eigenvalue weighted by atomic mass is 9.89. The van der Waals surface area contributed by atoms with E-state index in [1.54, 1.807) is 25.5 Å². The third kappa shape index (κ3) is 1.72. The lowest BCUT2D eigenvalue weighted by molar-refractivity contribution is -0.135. The van der Waals surface area contributed by atoms with E-state index >= 15 is 0 Å². The van der Waals surface area contributed by atoms with Crippen LogP contribution in [-0.4, -0.2) is 23.0 Å². The number of benzene rings is 1. The summed E-state index contributed by atoms with van der Waals surface area (Å²) in [6.45, 7) is 0. The van der Waals surface area contributed by atoms with Crippen LogP contribution in [0.4, 0.5) is 5.69 Å². The maximum Gasteiger partial charge on any atom is 0.263 e. The van der Waals surface area contributed by atoms with Crippen molar-refractivity contribution in [3.63, 3.8) is 0 Å². The van der Waals surface area contributed by atoms with E-state index in [2.05, 4.69) is 4.98 Å². The molecule has 19 heavy (non-hydrogen) atoms. The number of anilines is 1. The Hall–Kier alpha value is -2.20. The molecule has 1 aromatic heterocycles. The van der Waals surface area contributed by atoms with Crippen LogP contribution in [0.5, 0.6) is 0 Å². The summed E-state index contributed by atoms with van der Waals surface area (Å²) in [7, 11) is 1.69. The van der Waals surface area contributed by atoms with Gasteiger partial charge in [-0.1, -0.05) is 18.2 Å². The molecule has 0 saturated carbocycles. The molecule has 0 saturated heterocycles. The summed E-state index contributed by atoms with van der Waals surface area (Å²) in [5.74, 6) is -0.287. The molecule has 1 atom stereocenters. The zero-order valence-electron chi connectivity index (χ0n) is 10.6. The van der Waals surface area contributed by atoms with Gasteiger partial charge in [-0.2, -0.15) is 0 Å². The van der Waals surface area contributed by atoms with Gasteiger partial charge in [-0.05, 0) is 23.8 Å². The summed E-state index contributed by atoms with van der Waals surface area (Å²) in [6.07, 6.45) is 3.58. The Morgan fingerprint density at radius 2 is 1.89 bits per heavy atom. The molecule has 96 valence electrons. The number of likely N-dealkylation sites (N-methyl/N-ethyl adjacent to an activating group) is 1. The van der Waals surface area contributed by atoms with E-state index in [0.29, 0.717) is 5.56 Å². The van der Waals surface area contributed by atoms with Gasteiger partial charge in [-0.15, -0.1) is 0 Å². The second kappa shape index (κ2) is 4.17. The number of hydrogen-bond donors (Lipinski definition) is 1. The summed E-state index contributed by atoms with van der Waals surface area (Å²) < 4.78 is 0. The monoisotopic (exact) mass is 254 g/mol. The van der Waals surface area contributed by atoms with Gasteiger partial charge in [0, 0.05) is 31.4 Å². The highest BCUT2D eigenvalue weighted by Gasteiger charge is 2.48. The number of aromatic nitrogens is 1. The molecule has 0 aliphatic carbocycles. The van der Waals surface area contributed by atoms with Gasteiger partial charge in [0.05, 0.1) is 5.69 Å². The number of para-hydroxylation sites is 1. The molecule has 1 aliphatic rings. The molecule has 0 radical (unpaired) electrons. The van der Waals surface area contributed by atoms with Crippen LogP contribution in [-0.2, 0) is 16.8 Å². The second-order valence-corrected chi connectivity index (χ2v) is 4.77. The molecular weight excluding hydrogens is 240 g/mol. The minimum Gasteiger partial charge on any atom is -0.375 e. The van der Waals surface area contributed by atoms with Crippen molar-refractivity contribution in [1.29, 1.82) is 0 Å². The van der Waals surface area contributed by atoms with Gasteiger partial charge < -0.3 is 10.0 Å². The van der Waals surface area contributed by atoms with Crippen LogP contribution in [0.25, 0.3) is 0 Å². The normalized spacial score (nSPS) is 21.6. The van der Waals surface area contributed by atoms with Crippen LogP contribution in [0.3, 0.4) is 0 Å². The molecule has 4 heteroatoms. The van der Waals surface area contributed by atoms with E-state index in [1.807, 2.05) is 30.3 Å². The SMILES string of the molecule is CN1C(=O)[C@](O)(Cc2ccncc2)c2ccccc21. The fourth-order valence-electron chi connectivity index (χ4n) is 2.58. The first-order chi connectivity index (χ1) is 9.13. The molecule has 2 aromatic rings. The zero-order chi connectivity index (χ0) is 13.5. The molecule has 0 bridgehead atoms. The first-order valence-corrected chi connectivity index (χ1v) is 6.12. The molecule has 0 fully saturated rings. The average molecular weight is 254 g/mol. The van der Waals surface area contributed by atoms with Gasteiger partial charge >= 0.3 is 0 Å². The van der Waals surface area contributed by atoms with E-state index < -0.39 is 5.60 Å². The Kier molecular flexibility index (Phi) is 2.61. The van der Waals surface area contributed by atoms with Crippen molar-refractivity contribution in [2.75, 3.05) is 11.9 Å². The highest BCUT2D eigenvalue weighted by molar-refractivity contribution is 6.06. The summed E-state index contributed by atoms with van der Waals surface area (Å²) in [5, 5.41) is 10.8. The lowest BCUT2D eigenvalue weighted by Crippen LogP contribution is -2.40. The van der Waals surface area contributed by atoms with Crippen molar-refractivity contribution in [2.45, 2.75) is 12.0 Å². The number of carbonyl (C=O) groups is 1. The highest BCUT2D eigenvalue weighted by atomic mass is 16.3. The number of rotatable bonds is 2. The maximum atomic E-state index is 12.3. The van der Waals surface area contributed by atoms with Crippen LogP contribution in [0.1, 0.15) is 11.1 Å². The predicted molar refractivity (Wildman–Crippen MR) is 71.7 cm³/mol. The molecule has 1 aliphatic heterocycles. The van der Waals surface area contributed by atoms with E-state index in [4.69, 9.17) is 0 Å². The molecule has 4 nitrogen and oxygen atoms in total. The van der Waals surface area contributed by atoms with Gasteiger partial charge in [0.1, 0.15) is 0 Å². The number of aliphatic hydroxyl groups is 1. The number of carbonyl (C=O) groups excluding carboxylic acids is 1. The van der Waals surface area contributed by atoms with E-state index in [1.165, 1.54) is 4.90 Å². The van der Waals surface area contributed by atoms with Gasteiger partial charge in [-0.3, -0.25) is 9.78 Å². The van der Waals surface area contributed by atoms with Crippen LogP contribution >= 0.6 is 0 Å². The Bertz CT molecular complexity index is 627. The first-order valence-electron chi connectivity index (χ1n) is 6.12. The Morgan fingerprint density at radius 1 is 1.21 bits per heavy atom. The third-order valence-electron chi connectivity index (χ3n) is 3.58. The highest BCUT2D eigenvalue weighted by Crippen LogP contribution is 2.41. The molecule has 1 aromatic carbocycles. The van der Waals surface area contributed by atoms with Crippen molar-refractivity contribution in [1.82, 2.24) is 4.98 Å². The van der Waals surface area contributed by atoms with Crippen molar-refractivity contribution in [3.8, 4) is 0 Å². The summed E-state index contributed by atoms with van der Waals surface area (Å²) >= 11 is 0. The Morgan fingerprint density at radius 3 is 2.63 bits per heavy atom. The molecule has 3 rings (SSSR count). The lowest BCUT2D eigenvalue weighted by Gasteiger charge is -2.21. The van der Waals surface area contributed by atoms with Gasteiger partial charge in [-0.25, -0.2) is 0 Å². The van der Waals surface area contributed by atoms with E-state index in [-0.39, 0.29) is 12.3 Å². The number of fused-ring (bicyclic) bond motifs is 1. The van der Waals surface area contributed by atoms with Crippen molar-refractivity contribution in [3.05, 3.63) is 59.9 Å². The Labute approximate surface area is 111 Å². The fourth-order valence-corrected chi connectivity index (χ4v) is 2.58. The maximum absolute atomic E-state index is 12.3. The van der Waals surface area contributed by atoms with Crippen LogP contribution in [0, 0.1) is 0 Å². The summed E-state index contributed by atoms with van der Waals surface area (Å²) in [5.41, 5.74) is 0.839. The third-order valence-corrected chi connectivity index (χ3v) is 3.58. The topological polar surface area (TPSA) is 53.4 Å². The molecule has 1 N–H and O–H groups in total. The predicted octanol–water partition coefficient (Wildman–Crippen LogP) is 1.49.